The Kier molecular flexibility index (Phi) is 3.73. The van der Waals surface area contributed by atoms with Crippen LogP contribution in [-0.2, 0) is 0 Å². The molecular weight excluding hydrogens is 220 g/mol. The van der Waals surface area contributed by atoms with E-state index in [0.717, 1.165) is 12.5 Å². The third-order valence-corrected chi connectivity index (χ3v) is 4.07. The number of rotatable bonds is 0. The quantitative estimate of drug-likeness (QED) is 0.703. The highest BCUT2D eigenvalue weighted by Gasteiger charge is 2.31. The standard InChI is InChI=1S/C13H20N2.ClH/c14-12-5-4-10-8-13-3-1-2-6-15(13)9-11(10)7-12;/h4-5,8,11-13H,1-3,6-7,9,14H2;1H. The number of nitrogens with two attached hydrogens (primary N) is 1. The molecule has 0 spiro atoms. The van der Waals surface area contributed by atoms with E-state index in [1.807, 2.05) is 0 Å². The number of hydrogen-bond donors (Lipinski definition) is 1. The van der Waals surface area contributed by atoms with E-state index in [1.54, 1.807) is 5.57 Å². The zero-order valence-corrected chi connectivity index (χ0v) is 10.5. The van der Waals surface area contributed by atoms with Crippen LogP contribution in [0.5, 0.6) is 0 Å². The molecule has 0 aromatic rings. The maximum atomic E-state index is 5.98. The molecular formula is C13H21ClN2. The van der Waals surface area contributed by atoms with Crippen LogP contribution in [0.15, 0.2) is 23.8 Å². The third kappa shape index (κ3) is 2.20. The van der Waals surface area contributed by atoms with Crippen LogP contribution in [0.25, 0.3) is 0 Å². The van der Waals surface area contributed by atoms with Gasteiger partial charge in [-0.3, -0.25) is 4.90 Å². The molecule has 2 nitrogen and oxygen atoms in total. The van der Waals surface area contributed by atoms with Gasteiger partial charge in [-0.2, -0.15) is 0 Å². The van der Waals surface area contributed by atoms with Gasteiger partial charge in [-0.1, -0.05) is 24.6 Å². The molecule has 3 heteroatoms. The molecule has 0 radical (unpaired) electrons. The molecule has 1 aliphatic carbocycles. The van der Waals surface area contributed by atoms with Crippen LogP contribution in [0.2, 0.25) is 0 Å². The van der Waals surface area contributed by atoms with Crippen molar-refractivity contribution in [2.75, 3.05) is 13.1 Å². The predicted molar refractivity (Wildman–Crippen MR) is 69.8 cm³/mol. The molecule has 3 rings (SSSR count). The van der Waals surface area contributed by atoms with Crippen LogP contribution in [-0.4, -0.2) is 30.1 Å². The van der Waals surface area contributed by atoms with Crippen LogP contribution in [0.4, 0.5) is 0 Å². The first kappa shape index (κ1) is 12.2. The molecule has 0 amide bonds. The molecule has 2 N–H and O–H groups in total. The molecule has 0 saturated carbocycles. The number of hydrogen-bond acceptors (Lipinski definition) is 2. The number of nitrogens with zero attached hydrogens (tertiary/aromatic N) is 1. The summed E-state index contributed by atoms with van der Waals surface area (Å²) in [6.07, 6.45) is 12.2. The van der Waals surface area contributed by atoms with Crippen LogP contribution in [0, 0.1) is 5.92 Å². The van der Waals surface area contributed by atoms with Gasteiger partial charge in [-0.15, -0.1) is 12.4 Å². The largest absolute Gasteiger partial charge is 0.324 e. The first-order valence-electron chi connectivity index (χ1n) is 6.22. The zero-order valence-electron chi connectivity index (χ0n) is 9.64. The minimum atomic E-state index is 0. The predicted octanol–water partition coefficient (Wildman–Crippen LogP) is 2.11. The second-order valence-corrected chi connectivity index (χ2v) is 5.18. The molecule has 1 fully saturated rings. The normalized spacial score (nSPS) is 38.1. The average Bonchev–Trinajstić information content (AvgIpc) is 2.26. The number of halogens is 1. The second-order valence-electron chi connectivity index (χ2n) is 5.18. The Morgan fingerprint density at radius 2 is 2.19 bits per heavy atom. The van der Waals surface area contributed by atoms with E-state index in [2.05, 4.69) is 23.1 Å². The SMILES string of the molecule is Cl.NC1C=CC2=CC3CCCCN3CC2C1. The van der Waals surface area contributed by atoms with Gasteiger partial charge in [0.05, 0.1) is 0 Å². The van der Waals surface area contributed by atoms with Gasteiger partial charge < -0.3 is 5.73 Å². The lowest BCUT2D eigenvalue weighted by atomic mass is 9.81. The van der Waals surface area contributed by atoms with Gasteiger partial charge in [0.1, 0.15) is 0 Å². The van der Waals surface area contributed by atoms with Crippen molar-refractivity contribution in [3.63, 3.8) is 0 Å². The summed E-state index contributed by atoms with van der Waals surface area (Å²) in [5.74, 6) is 0.708. The average molecular weight is 241 g/mol. The summed E-state index contributed by atoms with van der Waals surface area (Å²) >= 11 is 0. The van der Waals surface area contributed by atoms with E-state index in [4.69, 9.17) is 5.73 Å². The highest BCUT2D eigenvalue weighted by Crippen LogP contribution is 2.33. The Morgan fingerprint density at radius 1 is 1.31 bits per heavy atom. The lowest BCUT2D eigenvalue weighted by molar-refractivity contribution is 0.143. The van der Waals surface area contributed by atoms with E-state index in [0.29, 0.717) is 5.92 Å². The Bertz CT molecular complexity index is 311. The van der Waals surface area contributed by atoms with E-state index < -0.39 is 0 Å². The molecule has 2 aliphatic heterocycles. The van der Waals surface area contributed by atoms with Crippen molar-refractivity contribution in [1.29, 1.82) is 0 Å². The smallest absolute Gasteiger partial charge is 0.0284 e. The minimum absolute atomic E-state index is 0. The minimum Gasteiger partial charge on any atom is -0.324 e. The summed E-state index contributed by atoms with van der Waals surface area (Å²) in [6, 6.07) is 1.01. The molecule has 3 aliphatic rings. The van der Waals surface area contributed by atoms with Gasteiger partial charge in [0.15, 0.2) is 0 Å². The molecule has 16 heavy (non-hydrogen) atoms. The van der Waals surface area contributed by atoms with Gasteiger partial charge in [-0.25, -0.2) is 0 Å². The van der Waals surface area contributed by atoms with Crippen LogP contribution in [0.3, 0.4) is 0 Å². The van der Waals surface area contributed by atoms with Gasteiger partial charge in [0.25, 0.3) is 0 Å². The van der Waals surface area contributed by atoms with Crippen molar-refractivity contribution in [2.45, 2.75) is 37.8 Å². The second kappa shape index (κ2) is 4.91. The van der Waals surface area contributed by atoms with Crippen LogP contribution < -0.4 is 5.73 Å². The molecule has 3 atom stereocenters. The highest BCUT2D eigenvalue weighted by atomic mass is 35.5. The maximum absolute atomic E-state index is 5.98. The Balaban J connectivity index is 0.000000963. The Labute approximate surface area is 104 Å². The molecule has 1 saturated heterocycles. The monoisotopic (exact) mass is 240 g/mol. The van der Waals surface area contributed by atoms with Crippen LogP contribution in [0.1, 0.15) is 25.7 Å². The number of allylic oxidation sites excluding steroid dienone is 1. The van der Waals surface area contributed by atoms with E-state index >= 15 is 0 Å². The van der Waals surface area contributed by atoms with Gasteiger partial charge in [0, 0.05) is 18.6 Å². The first-order valence-corrected chi connectivity index (χ1v) is 6.22. The van der Waals surface area contributed by atoms with Gasteiger partial charge in [0.2, 0.25) is 0 Å². The van der Waals surface area contributed by atoms with Crippen molar-refractivity contribution in [3.8, 4) is 0 Å². The molecule has 90 valence electrons. The molecule has 0 aromatic heterocycles. The van der Waals surface area contributed by atoms with E-state index in [9.17, 15) is 0 Å². The molecule has 0 aromatic carbocycles. The fourth-order valence-electron chi connectivity index (χ4n) is 3.22. The third-order valence-electron chi connectivity index (χ3n) is 4.07. The Morgan fingerprint density at radius 3 is 3.06 bits per heavy atom. The van der Waals surface area contributed by atoms with E-state index in [-0.39, 0.29) is 18.4 Å². The number of fused-ring (bicyclic) bond motifs is 2. The fourth-order valence-corrected chi connectivity index (χ4v) is 3.22. The summed E-state index contributed by atoms with van der Waals surface area (Å²) in [7, 11) is 0. The van der Waals surface area contributed by atoms with Crippen LogP contribution >= 0.6 is 12.4 Å². The summed E-state index contributed by atoms with van der Waals surface area (Å²) in [5.41, 5.74) is 7.53. The first-order chi connectivity index (χ1) is 7.33. The van der Waals surface area contributed by atoms with Crippen molar-refractivity contribution in [3.05, 3.63) is 23.8 Å². The van der Waals surface area contributed by atoms with Crippen molar-refractivity contribution < 1.29 is 0 Å². The fraction of sp³-hybridized carbons (Fsp3) is 0.692. The summed E-state index contributed by atoms with van der Waals surface area (Å²) in [4.78, 5) is 2.66. The maximum Gasteiger partial charge on any atom is 0.0284 e. The highest BCUT2D eigenvalue weighted by molar-refractivity contribution is 5.85. The number of piperidine rings is 1. The van der Waals surface area contributed by atoms with Crippen molar-refractivity contribution >= 4 is 12.4 Å². The van der Waals surface area contributed by atoms with Crippen molar-refractivity contribution in [2.24, 2.45) is 11.7 Å². The summed E-state index contributed by atoms with van der Waals surface area (Å²) in [6.45, 7) is 2.54. The molecule has 0 bridgehead atoms. The Hall–Kier alpha value is -0.310. The zero-order chi connectivity index (χ0) is 10.3. The molecule has 2 heterocycles. The lowest BCUT2D eigenvalue weighted by Crippen LogP contribution is -2.46. The van der Waals surface area contributed by atoms with Gasteiger partial charge >= 0.3 is 0 Å². The lowest BCUT2D eigenvalue weighted by Gasteiger charge is -2.42. The molecule has 3 unspecified atom stereocenters. The van der Waals surface area contributed by atoms with Gasteiger partial charge in [-0.05, 0) is 37.3 Å². The van der Waals surface area contributed by atoms with E-state index in [1.165, 1.54) is 32.4 Å². The topological polar surface area (TPSA) is 29.3 Å². The van der Waals surface area contributed by atoms with Crippen molar-refractivity contribution in [1.82, 2.24) is 4.90 Å². The summed E-state index contributed by atoms with van der Waals surface area (Å²) in [5, 5.41) is 0. The summed E-state index contributed by atoms with van der Waals surface area (Å²) < 4.78 is 0.